The molecule has 0 spiro atoms. The summed E-state index contributed by atoms with van der Waals surface area (Å²) < 4.78 is 73.9. The number of methoxy groups -OCH3 is 1. The van der Waals surface area contributed by atoms with Crippen molar-refractivity contribution in [2.75, 3.05) is 26.5 Å². The minimum absolute atomic E-state index is 0.0425. The van der Waals surface area contributed by atoms with Crippen LogP contribution in [-0.2, 0) is 16.0 Å². The number of sulfone groups is 1. The number of nitrogens with zero attached hydrogens (tertiary/aromatic N) is 2. The zero-order chi connectivity index (χ0) is 24.7. The molecule has 2 heterocycles. The van der Waals surface area contributed by atoms with Crippen molar-refractivity contribution in [2.24, 2.45) is 0 Å². The smallest absolute Gasteiger partial charge is 0.417 e. The number of aromatic nitrogens is 1. The van der Waals surface area contributed by atoms with E-state index in [0.717, 1.165) is 12.3 Å². The second-order valence-electron chi connectivity index (χ2n) is 7.90. The van der Waals surface area contributed by atoms with Gasteiger partial charge >= 0.3 is 6.18 Å². The lowest BCUT2D eigenvalue weighted by Gasteiger charge is -2.39. The van der Waals surface area contributed by atoms with Gasteiger partial charge in [0.15, 0.2) is 15.6 Å². The summed E-state index contributed by atoms with van der Waals surface area (Å²) in [5, 5.41) is -0.137. The van der Waals surface area contributed by atoms with Gasteiger partial charge in [-0.15, -0.1) is 0 Å². The Morgan fingerprint density at radius 3 is 2.39 bits per heavy atom. The van der Waals surface area contributed by atoms with Crippen molar-refractivity contribution in [1.82, 2.24) is 9.88 Å². The summed E-state index contributed by atoms with van der Waals surface area (Å²) in [5.74, 6) is -0.877. The summed E-state index contributed by atoms with van der Waals surface area (Å²) >= 11 is 6.02. The maximum absolute atomic E-state index is 13.3. The molecular formula is C21H22ClF3N2O5S. The van der Waals surface area contributed by atoms with Crippen LogP contribution in [0.1, 0.15) is 41.4 Å². The highest BCUT2D eigenvalue weighted by molar-refractivity contribution is 7.90. The van der Waals surface area contributed by atoms with E-state index < -0.39 is 27.5 Å². The molecular weight excluding hydrogens is 485 g/mol. The van der Waals surface area contributed by atoms with Crippen molar-refractivity contribution in [2.45, 2.75) is 36.9 Å². The molecule has 0 atom stereocenters. The van der Waals surface area contributed by atoms with Gasteiger partial charge in [-0.3, -0.25) is 9.78 Å². The molecule has 33 heavy (non-hydrogen) atoms. The first-order chi connectivity index (χ1) is 15.2. The van der Waals surface area contributed by atoms with E-state index in [1.54, 1.807) is 13.8 Å². The van der Waals surface area contributed by atoms with E-state index in [1.165, 1.54) is 24.1 Å². The third kappa shape index (κ3) is 5.19. The van der Waals surface area contributed by atoms with Gasteiger partial charge in [0, 0.05) is 31.5 Å². The average molecular weight is 507 g/mol. The molecule has 0 aliphatic carbocycles. The molecule has 0 saturated carbocycles. The number of rotatable bonds is 6. The highest BCUT2D eigenvalue weighted by Crippen LogP contribution is 2.40. The quantitative estimate of drug-likeness (QED) is 0.584. The predicted octanol–water partition coefficient (Wildman–Crippen LogP) is 4.19. The van der Waals surface area contributed by atoms with Crippen molar-refractivity contribution >= 4 is 27.3 Å². The summed E-state index contributed by atoms with van der Waals surface area (Å²) in [6.45, 7) is 3.76. The summed E-state index contributed by atoms with van der Waals surface area (Å²) in [6, 6.07) is 3.52. The van der Waals surface area contributed by atoms with Gasteiger partial charge in [-0.05, 0) is 32.0 Å². The van der Waals surface area contributed by atoms with Crippen LogP contribution in [-0.4, -0.2) is 56.8 Å². The SMILES string of the molecule is COc1c(S(C)(=O)=O)ccc(OC(C)C)c1C(=O)N1CC(c2ncc(C(F)(F)F)cc2Cl)C1. The molecule has 1 saturated heterocycles. The van der Waals surface area contributed by atoms with Crippen molar-refractivity contribution in [3.63, 3.8) is 0 Å². The average Bonchev–Trinajstić information content (AvgIpc) is 2.65. The third-order valence-corrected chi connectivity index (χ3v) is 6.44. The van der Waals surface area contributed by atoms with Crippen LogP contribution in [0.4, 0.5) is 13.2 Å². The molecule has 2 aromatic rings. The van der Waals surface area contributed by atoms with E-state index in [4.69, 9.17) is 21.1 Å². The molecule has 1 fully saturated rings. The van der Waals surface area contributed by atoms with Crippen LogP contribution in [0.25, 0.3) is 0 Å². The Morgan fingerprint density at radius 2 is 1.91 bits per heavy atom. The number of ether oxygens (including phenoxy) is 2. The van der Waals surface area contributed by atoms with Crippen molar-refractivity contribution < 1.29 is 35.9 Å². The molecule has 0 N–H and O–H groups in total. The normalized spacial score (nSPS) is 14.9. The molecule has 0 radical (unpaired) electrons. The molecule has 1 amide bonds. The monoisotopic (exact) mass is 506 g/mol. The first-order valence-electron chi connectivity index (χ1n) is 9.83. The van der Waals surface area contributed by atoms with Crippen LogP contribution in [0.5, 0.6) is 11.5 Å². The van der Waals surface area contributed by atoms with Gasteiger partial charge in [0.25, 0.3) is 5.91 Å². The largest absolute Gasteiger partial charge is 0.494 e. The van der Waals surface area contributed by atoms with Gasteiger partial charge < -0.3 is 14.4 Å². The Hall–Kier alpha value is -2.53. The minimum Gasteiger partial charge on any atom is -0.494 e. The highest BCUT2D eigenvalue weighted by Gasteiger charge is 2.39. The first-order valence-corrected chi connectivity index (χ1v) is 12.1. The number of benzene rings is 1. The first kappa shape index (κ1) is 25.1. The lowest BCUT2D eigenvalue weighted by molar-refractivity contribution is -0.137. The molecule has 1 aliphatic heterocycles. The number of likely N-dealkylation sites (tertiary alicyclic amines) is 1. The fourth-order valence-corrected chi connectivity index (χ4v) is 4.63. The van der Waals surface area contributed by atoms with Gasteiger partial charge in [-0.2, -0.15) is 13.2 Å². The van der Waals surface area contributed by atoms with E-state index in [9.17, 15) is 26.4 Å². The van der Waals surface area contributed by atoms with E-state index in [1.807, 2.05) is 0 Å². The second kappa shape index (κ2) is 9.02. The number of alkyl halides is 3. The van der Waals surface area contributed by atoms with Gasteiger partial charge in [-0.25, -0.2) is 8.42 Å². The Morgan fingerprint density at radius 1 is 1.27 bits per heavy atom. The van der Waals surface area contributed by atoms with E-state index in [-0.39, 0.29) is 57.8 Å². The fourth-order valence-electron chi connectivity index (χ4n) is 3.47. The second-order valence-corrected chi connectivity index (χ2v) is 10.3. The molecule has 0 unspecified atom stereocenters. The van der Waals surface area contributed by atoms with E-state index in [2.05, 4.69) is 4.98 Å². The van der Waals surface area contributed by atoms with Gasteiger partial charge in [0.05, 0.1) is 29.5 Å². The zero-order valence-corrected chi connectivity index (χ0v) is 19.8. The topological polar surface area (TPSA) is 85.8 Å². The lowest BCUT2D eigenvalue weighted by atomic mass is 9.94. The number of halogens is 4. The highest BCUT2D eigenvalue weighted by atomic mass is 35.5. The van der Waals surface area contributed by atoms with Crippen molar-refractivity contribution in [3.8, 4) is 11.5 Å². The van der Waals surface area contributed by atoms with Gasteiger partial charge in [0.2, 0.25) is 0 Å². The number of carbonyl (C=O) groups is 1. The maximum atomic E-state index is 13.3. The summed E-state index contributed by atoms with van der Waals surface area (Å²) in [7, 11) is -2.45. The summed E-state index contributed by atoms with van der Waals surface area (Å²) in [5.41, 5.74) is -0.746. The molecule has 12 heteroatoms. The molecule has 180 valence electrons. The Labute approximate surface area is 194 Å². The van der Waals surface area contributed by atoms with Crippen LogP contribution in [0, 0.1) is 0 Å². The summed E-state index contributed by atoms with van der Waals surface area (Å²) in [4.78, 5) is 18.4. The Kier molecular flexibility index (Phi) is 6.86. The number of hydrogen-bond donors (Lipinski definition) is 0. The lowest BCUT2D eigenvalue weighted by Crippen LogP contribution is -2.49. The van der Waals surface area contributed by atoms with Crippen molar-refractivity contribution in [3.05, 3.63) is 46.2 Å². The maximum Gasteiger partial charge on any atom is 0.417 e. The third-order valence-electron chi connectivity index (χ3n) is 5.02. The van der Waals surface area contributed by atoms with Crippen LogP contribution in [0.3, 0.4) is 0 Å². The van der Waals surface area contributed by atoms with Crippen molar-refractivity contribution in [1.29, 1.82) is 0 Å². The summed E-state index contributed by atoms with van der Waals surface area (Å²) in [6.07, 6.45) is -3.16. The van der Waals surface area contributed by atoms with Gasteiger partial charge in [-0.1, -0.05) is 11.6 Å². The number of carbonyl (C=O) groups excluding carboxylic acids is 1. The number of pyridine rings is 1. The number of hydrogen-bond acceptors (Lipinski definition) is 6. The Balaban J connectivity index is 1.91. The fraction of sp³-hybridized carbons (Fsp3) is 0.429. The molecule has 7 nitrogen and oxygen atoms in total. The predicted molar refractivity (Wildman–Crippen MR) is 115 cm³/mol. The Bertz CT molecular complexity index is 1180. The molecule has 0 bridgehead atoms. The van der Waals surface area contributed by atoms with Crippen LogP contribution in [0.15, 0.2) is 29.3 Å². The number of amides is 1. The van der Waals surface area contributed by atoms with Gasteiger partial charge in [0.1, 0.15) is 16.2 Å². The zero-order valence-electron chi connectivity index (χ0n) is 18.2. The molecule has 1 aromatic heterocycles. The van der Waals surface area contributed by atoms with Crippen LogP contribution >= 0.6 is 11.6 Å². The van der Waals surface area contributed by atoms with Crippen LogP contribution < -0.4 is 9.47 Å². The molecule has 1 aromatic carbocycles. The molecule has 3 rings (SSSR count). The molecule has 1 aliphatic rings. The van der Waals surface area contributed by atoms with E-state index in [0.29, 0.717) is 6.20 Å². The minimum atomic E-state index is -4.56. The van der Waals surface area contributed by atoms with Crippen LogP contribution in [0.2, 0.25) is 5.02 Å². The van der Waals surface area contributed by atoms with E-state index >= 15 is 0 Å². The standard InChI is InChI=1S/C21H22ClF3N2O5S/c1-11(2)32-15-5-6-16(33(4,29)30)19(31-3)17(15)20(28)27-9-12(10-27)18-14(22)7-13(8-26-18)21(23,24)25/h5-8,11-12H,9-10H2,1-4H3.